The monoisotopic (exact) mass is 448 g/mol. The van der Waals surface area contributed by atoms with E-state index in [0.29, 0.717) is 24.9 Å². The van der Waals surface area contributed by atoms with Crippen molar-refractivity contribution in [2.75, 3.05) is 33.4 Å². The number of ether oxygens (including phenoxy) is 2. The summed E-state index contributed by atoms with van der Waals surface area (Å²) in [6, 6.07) is 2.20. The SMILES string of the molecule is CCc1cn(CCCOC)c2cc([C@@H](C)N(C(=O)[C@H]3CNCCO3)C3CC3)nc(Cl)c12. The molecule has 0 radical (unpaired) electrons. The summed E-state index contributed by atoms with van der Waals surface area (Å²) < 4.78 is 13.2. The summed E-state index contributed by atoms with van der Waals surface area (Å²) >= 11 is 6.71. The molecule has 0 aromatic carbocycles. The van der Waals surface area contributed by atoms with Gasteiger partial charge in [0.2, 0.25) is 0 Å². The molecular formula is C23H33ClN4O3. The van der Waals surface area contributed by atoms with E-state index in [1.165, 1.54) is 5.56 Å². The minimum Gasteiger partial charge on any atom is -0.385 e. The predicted octanol–water partition coefficient (Wildman–Crippen LogP) is 3.33. The molecule has 0 bridgehead atoms. The average Bonchev–Trinajstić information content (AvgIpc) is 3.55. The number of carbonyl (C=O) groups excluding carboxylic acids is 1. The lowest BCUT2D eigenvalue weighted by atomic mass is 10.1. The van der Waals surface area contributed by atoms with Gasteiger partial charge in [0.15, 0.2) is 0 Å². The number of aryl methyl sites for hydroxylation is 2. The van der Waals surface area contributed by atoms with Crippen molar-refractivity contribution >= 4 is 28.4 Å². The Morgan fingerprint density at radius 2 is 2.29 bits per heavy atom. The van der Waals surface area contributed by atoms with E-state index in [1.807, 2.05) is 4.90 Å². The lowest BCUT2D eigenvalue weighted by molar-refractivity contribution is -0.148. The number of rotatable bonds is 9. The number of pyridine rings is 1. The minimum atomic E-state index is -0.430. The number of aromatic nitrogens is 2. The van der Waals surface area contributed by atoms with Gasteiger partial charge >= 0.3 is 0 Å². The molecule has 31 heavy (non-hydrogen) atoms. The largest absolute Gasteiger partial charge is 0.385 e. The number of fused-ring (bicyclic) bond motifs is 1. The Bertz CT molecular complexity index is 921. The number of nitrogens with one attached hydrogen (secondary N) is 1. The van der Waals surface area contributed by atoms with Gasteiger partial charge in [-0.05, 0) is 44.2 Å². The van der Waals surface area contributed by atoms with Crippen LogP contribution in [0.25, 0.3) is 10.9 Å². The van der Waals surface area contributed by atoms with E-state index in [-0.39, 0.29) is 18.0 Å². The van der Waals surface area contributed by atoms with E-state index in [1.54, 1.807) is 7.11 Å². The topological polar surface area (TPSA) is 68.6 Å². The van der Waals surface area contributed by atoms with Gasteiger partial charge in [-0.15, -0.1) is 0 Å². The Kier molecular flexibility index (Phi) is 7.16. The first-order valence-corrected chi connectivity index (χ1v) is 11.7. The third-order valence-electron chi connectivity index (χ3n) is 6.29. The Labute approximate surface area is 189 Å². The highest BCUT2D eigenvalue weighted by Crippen LogP contribution is 2.37. The van der Waals surface area contributed by atoms with Gasteiger partial charge in [0.25, 0.3) is 5.91 Å². The number of amides is 1. The van der Waals surface area contributed by atoms with Crippen molar-refractivity contribution in [3.63, 3.8) is 0 Å². The summed E-state index contributed by atoms with van der Waals surface area (Å²) in [4.78, 5) is 20.0. The number of hydrogen-bond donors (Lipinski definition) is 1. The van der Waals surface area contributed by atoms with E-state index in [0.717, 1.165) is 55.4 Å². The van der Waals surface area contributed by atoms with Crippen LogP contribution in [0, 0.1) is 0 Å². The van der Waals surface area contributed by atoms with Crippen molar-refractivity contribution in [3.05, 3.63) is 28.7 Å². The fourth-order valence-electron chi connectivity index (χ4n) is 4.48. The molecule has 0 spiro atoms. The number of methoxy groups -OCH3 is 1. The molecule has 2 aromatic rings. The number of nitrogens with zero attached hydrogens (tertiary/aromatic N) is 3. The summed E-state index contributed by atoms with van der Waals surface area (Å²) in [5, 5.41) is 4.79. The first kappa shape index (κ1) is 22.5. The van der Waals surface area contributed by atoms with Gasteiger partial charge in [-0.2, -0.15) is 0 Å². The summed E-state index contributed by atoms with van der Waals surface area (Å²) in [5.74, 6) is 0.0462. The molecular weight excluding hydrogens is 416 g/mol. The van der Waals surface area contributed by atoms with Crippen molar-refractivity contribution in [3.8, 4) is 0 Å². The fourth-order valence-corrected chi connectivity index (χ4v) is 4.80. The van der Waals surface area contributed by atoms with Crippen molar-refractivity contribution in [1.82, 2.24) is 19.8 Å². The van der Waals surface area contributed by atoms with Crippen LogP contribution in [0.3, 0.4) is 0 Å². The van der Waals surface area contributed by atoms with Gasteiger partial charge in [0, 0.05) is 51.0 Å². The van der Waals surface area contributed by atoms with Crippen LogP contribution in [-0.2, 0) is 27.2 Å². The number of hydrogen-bond acceptors (Lipinski definition) is 5. The van der Waals surface area contributed by atoms with Gasteiger partial charge < -0.3 is 24.3 Å². The van der Waals surface area contributed by atoms with Crippen LogP contribution < -0.4 is 5.32 Å². The lowest BCUT2D eigenvalue weighted by Gasteiger charge is -2.34. The molecule has 1 saturated heterocycles. The van der Waals surface area contributed by atoms with Crippen LogP contribution in [0.15, 0.2) is 12.3 Å². The fraction of sp³-hybridized carbons (Fsp3) is 0.652. The molecule has 0 unspecified atom stereocenters. The lowest BCUT2D eigenvalue weighted by Crippen LogP contribution is -2.50. The Hall–Kier alpha value is -1.67. The molecule has 2 atom stereocenters. The molecule has 2 fully saturated rings. The highest BCUT2D eigenvalue weighted by Gasteiger charge is 2.40. The van der Waals surface area contributed by atoms with E-state index < -0.39 is 6.10 Å². The van der Waals surface area contributed by atoms with Gasteiger partial charge in [-0.1, -0.05) is 18.5 Å². The number of morpholine rings is 1. The maximum Gasteiger partial charge on any atom is 0.253 e. The molecule has 2 aliphatic rings. The third kappa shape index (κ3) is 4.75. The molecule has 1 N–H and O–H groups in total. The van der Waals surface area contributed by atoms with Crippen LogP contribution >= 0.6 is 11.6 Å². The maximum atomic E-state index is 13.3. The highest BCUT2D eigenvalue weighted by atomic mass is 35.5. The molecule has 2 aromatic heterocycles. The summed E-state index contributed by atoms with van der Waals surface area (Å²) in [5.41, 5.74) is 3.10. The van der Waals surface area contributed by atoms with Crippen LogP contribution in [-0.4, -0.2) is 65.9 Å². The van der Waals surface area contributed by atoms with Gasteiger partial charge in [-0.25, -0.2) is 4.98 Å². The van der Waals surface area contributed by atoms with Gasteiger partial charge in [0.1, 0.15) is 11.3 Å². The van der Waals surface area contributed by atoms with E-state index >= 15 is 0 Å². The summed E-state index contributed by atoms with van der Waals surface area (Å²) in [6.45, 7) is 7.66. The Morgan fingerprint density at radius 3 is 2.94 bits per heavy atom. The highest BCUT2D eigenvalue weighted by molar-refractivity contribution is 6.34. The first-order chi connectivity index (χ1) is 15.0. The van der Waals surface area contributed by atoms with Crippen LogP contribution in [0.2, 0.25) is 5.15 Å². The molecule has 4 rings (SSSR count). The predicted molar refractivity (Wildman–Crippen MR) is 122 cm³/mol. The smallest absolute Gasteiger partial charge is 0.253 e. The zero-order valence-electron chi connectivity index (χ0n) is 18.7. The van der Waals surface area contributed by atoms with Crippen LogP contribution in [0.1, 0.15) is 50.4 Å². The molecule has 170 valence electrons. The quantitative estimate of drug-likeness (QED) is 0.470. The van der Waals surface area contributed by atoms with Gasteiger partial charge in [0.05, 0.1) is 23.9 Å². The summed E-state index contributed by atoms with van der Waals surface area (Å²) in [7, 11) is 1.72. The molecule has 1 amide bonds. The number of halogens is 1. The zero-order chi connectivity index (χ0) is 22.0. The minimum absolute atomic E-state index is 0.0462. The molecule has 1 aliphatic heterocycles. The second kappa shape index (κ2) is 9.86. The second-order valence-corrected chi connectivity index (χ2v) is 8.85. The van der Waals surface area contributed by atoms with E-state index in [4.69, 9.17) is 26.1 Å². The van der Waals surface area contributed by atoms with Crippen LogP contribution in [0.5, 0.6) is 0 Å². The standard InChI is InChI=1S/C23H33ClN4O3/c1-4-16-14-27(9-5-10-30-3)19-12-18(26-22(24)21(16)19)15(2)28(17-6-7-17)23(29)20-13-25-8-11-31-20/h12,14-15,17,20,25H,4-11,13H2,1-3H3/t15-,20-/m1/s1. The molecule has 8 heteroatoms. The van der Waals surface area contributed by atoms with E-state index in [2.05, 4.69) is 36.0 Å². The zero-order valence-corrected chi connectivity index (χ0v) is 19.5. The number of carbonyl (C=O) groups is 1. The average molecular weight is 449 g/mol. The van der Waals surface area contributed by atoms with Crippen molar-refractivity contribution in [2.24, 2.45) is 0 Å². The molecule has 1 aliphatic carbocycles. The first-order valence-electron chi connectivity index (χ1n) is 11.4. The molecule has 3 heterocycles. The summed E-state index contributed by atoms with van der Waals surface area (Å²) in [6.07, 6.45) is 5.61. The van der Waals surface area contributed by atoms with Crippen molar-refractivity contribution in [1.29, 1.82) is 0 Å². The van der Waals surface area contributed by atoms with E-state index in [9.17, 15) is 4.79 Å². The van der Waals surface area contributed by atoms with Crippen molar-refractivity contribution < 1.29 is 14.3 Å². The van der Waals surface area contributed by atoms with Crippen LogP contribution in [0.4, 0.5) is 0 Å². The van der Waals surface area contributed by atoms with Gasteiger partial charge in [-0.3, -0.25) is 4.79 Å². The maximum absolute atomic E-state index is 13.3. The third-order valence-corrected chi connectivity index (χ3v) is 6.56. The Morgan fingerprint density at radius 1 is 1.48 bits per heavy atom. The second-order valence-electron chi connectivity index (χ2n) is 8.50. The molecule has 7 nitrogen and oxygen atoms in total. The Balaban J connectivity index is 1.66. The van der Waals surface area contributed by atoms with Crippen molar-refractivity contribution in [2.45, 2.75) is 64.3 Å². The molecule has 1 saturated carbocycles. The normalized spacial score (nSPS) is 20.2.